The molecule has 0 atom stereocenters. The summed E-state index contributed by atoms with van der Waals surface area (Å²) in [6.07, 6.45) is 16.3. The van der Waals surface area contributed by atoms with Gasteiger partial charge in [0.15, 0.2) is 0 Å². The average molecular weight is 272 g/mol. The van der Waals surface area contributed by atoms with Crippen molar-refractivity contribution in [3.8, 4) is 0 Å². The van der Waals surface area contributed by atoms with Crippen molar-refractivity contribution in [3.05, 3.63) is 63.5 Å². The zero-order valence-electron chi connectivity index (χ0n) is 10.2. The molecule has 0 saturated carbocycles. The van der Waals surface area contributed by atoms with Gasteiger partial charge in [0, 0.05) is 27.8 Å². The summed E-state index contributed by atoms with van der Waals surface area (Å²) in [6.45, 7) is 0. The van der Waals surface area contributed by atoms with Crippen molar-refractivity contribution in [1.82, 2.24) is 9.97 Å². The molecule has 0 aromatic carbocycles. The lowest BCUT2D eigenvalue weighted by atomic mass is 10.1. The van der Waals surface area contributed by atoms with E-state index in [0.29, 0.717) is 0 Å². The van der Waals surface area contributed by atoms with Gasteiger partial charge >= 0.3 is 0 Å². The van der Waals surface area contributed by atoms with Crippen LogP contribution in [0.25, 0.3) is 5.57 Å². The lowest BCUT2D eigenvalue weighted by Crippen LogP contribution is -1.86. The number of allylic oxidation sites excluding steroid dienone is 6. The third-order valence-electron chi connectivity index (χ3n) is 3.02. The van der Waals surface area contributed by atoms with Crippen molar-refractivity contribution in [2.75, 3.05) is 12.5 Å². The maximum absolute atomic E-state index is 4.11. The standard InChI is InChI=1S/C14H12N2S2/c1-17-10-3-12-11(9-6-15-8-16-7-9)5-14(18-2)13(12)4-10/h3-8H,1-2H3. The first kappa shape index (κ1) is 11.8. The lowest BCUT2D eigenvalue weighted by molar-refractivity contribution is 1.15. The monoisotopic (exact) mass is 272 g/mol. The van der Waals surface area contributed by atoms with E-state index in [-0.39, 0.29) is 0 Å². The van der Waals surface area contributed by atoms with Crippen LogP contribution in [0.4, 0.5) is 0 Å². The molecule has 2 aliphatic rings. The van der Waals surface area contributed by atoms with Crippen LogP contribution in [0.1, 0.15) is 5.56 Å². The molecule has 0 unspecified atom stereocenters. The molecule has 0 spiro atoms. The topological polar surface area (TPSA) is 25.8 Å². The molecule has 0 radical (unpaired) electrons. The molecule has 0 saturated heterocycles. The molecule has 0 N–H and O–H groups in total. The van der Waals surface area contributed by atoms with Crippen molar-refractivity contribution in [2.24, 2.45) is 0 Å². The number of rotatable bonds is 3. The van der Waals surface area contributed by atoms with Crippen molar-refractivity contribution in [2.45, 2.75) is 0 Å². The van der Waals surface area contributed by atoms with Gasteiger partial charge in [-0.25, -0.2) is 9.97 Å². The molecule has 0 fully saturated rings. The molecule has 0 bridgehead atoms. The quantitative estimate of drug-likeness (QED) is 0.838. The van der Waals surface area contributed by atoms with Gasteiger partial charge < -0.3 is 0 Å². The van der Waals surface area contributed by atoms with Crippen LogP contribution in [0.2, 0.25) is 0 Å². The molecular formula is C14H12N2S2. The molecule has 4 heteroatoms. The van der Waals surface area contributed by atoms with Crippen LogP contribution in [0.3, 0.4) is 0 Å². The summed E-state index contributed by atoms with van der Waals surface area (Å²) < 4.78 is 0. The highest BCUT2D eigenvalue weighted by atomic mass is 32.2. The smallest absolute Gasteiger partial charge is 0.115 e. The van der Waals surface area contributed by atoms with E-state index in [1.807, 2.05) is 12.4 Å². The summed E-state index contributed by atoms with van der Waals surface area (Å²) in [5.74, 6) is 0. The highest BCUT2D eigenvalue weighted by Gasteiger charge is 2.25. The summed E-state index contributed by atoms with van der Waals surface area (Å²) in [5.41, 5.74) is 4.96. The van der Waals surface area contributed by atoms with Gasteiger partial charge in [-0.05, 0) is 47.5 Å². The Labute approximate surface area is 115 Å². The molecule has 3 rings (SSSR count). The van der Waals surface area contributed by atoms with E-state index in [1.165, 1.54) is 26.5 Å². The Morgan fingerprint density at radius 1 is 0.889 bits per heavy atom. The summed E-state index contributed by atoms with van der Waals surface area (Å²) in [7, 11) is 0. The van der Waals surface area contributed by atoms with Gasteiger partial charge in [0.05, 0.1) is 0 Å². The fourth-order valence-corrected chi connectivity index (χ4v) is 3.25. The fraction of sp³-hybridized carbons (Fsp3) is 0.143. The highest BCUT2D eigenvalue weighted by Crippen LogP contribution is 2.46. The third-order valence-corrected chi connectivity index (χ3v) is 4.51. The van der Waals surface area contributed by atoms with E-state index < -0.39 is 0 Å². The Kier molecular flexibility index (Phi) is 3.14. The Bertz CT molecular complexity index is 610. The van der Waals surface area contributed by atoms with E-state index in [1.54, 1.807) is 29.9 Å². The molecule has 0 amide bonds. The van der Waals surface area contributed by atoms with Crippen molar-refractivity contribution < 1.29 is 0 Å². The van der Waals surface area contributed by atoms with Crippen LogP contribution >= 0.6 is 23.5 Å². The fourth-order valence-electron chi connectivity index (χ4n) is 2.16. The Morgan fingerprint density at radius 2 is 1.67 bits per heavy atom. The van der Waals surface area contributed by atoms with E-state index in [0.717, 1.165) is 5.56 Å². The number of hydrogen-bond donors (Lipinski definition) is 0. The number of hydrogen-bond acceptors (Lipinski definition) is 4. The molecule has 1 aromatic rings. The van der Waals surface area contributed by atoms with Crippen LogP contribution < -0.4 is 0 Å². The van der Waals surface area contributed by atoms with Gasteiger partial charge in [-0.2, -0.15) is 0 Å². The minimum atomic E-state index is 1.08. The number of thioether (sulfide) groups is 2. The highest BCUT2D eigenvalue weighted by molar-refractivity contribution is 8.03. The second-order valence-electron chi connectivity index (χ2n) is 3.98. The van der Waals surface area contributed by atoms with Crippen LogP contribution in [-0.2, 0) is 0 Å². The van der Waals surface area contributed by atoms with Gasteiger partial charge in [-0.15, -0.1) is 23.5 Å². The largest absolute Gasteiger partial charge is 0.244 e. The van der Waals surface area contributed by atoms with E-state index >= 15 is 0 Å². The Morgan fingerprint density at radius 3 is 2.33 bits per heavy atom. The van der Waals surface area contributed by atoms with Gasteiger partial charge in [-0.1, -0.05) is 0 Å². The van der Waals surface area contributed by atoms with Gasteiger partial charge in [0.2, 0.25) is 0 Å². The Balaban J connectivity index is 2.13. The second-order valence-corrected chi connectivity index (χ2v) is 5.70. The first-order valence-corrected chi connectivity index (χ1v) is 8.02. The molecule has 2 nitrogen and oxygen atoms in total. The molecule has 0 aliphatic heterocycles. The maximum atomic E-state index is 4.11. The summed E-state index contributed by atoms with van der Waals surface area (Å²) in [5, 5.41) is 0. The van der Waals surface area contributed by atoms with Crippen LogP contribution in [0.15, 0.2) is 57.9 Å². The van der Waals surface area contributed by atoms with Crippen LogP contribution in [0, 0.1) is 0 Å². The molecule has 1 heterocycles. The summed E-state index contributed by atoms with van der Waals surface area (Å²) in [4.78, 5) is 10.9. The summed E-state index contributed by atoms with van der Waals surface area (Å²) in [6, 6.07) is 0. The van der Waals surface area contributed by atoms with Gasteiger partial charge in [0.25, 0.3) is 0 Å². The zero-order valence-corrected chi connectivity index (χ0v) is 11.8. The molecule has 2 aliphatic carbocycles. The predicted octanol–water partition coefficient (Wildman–Crippen LogP) is 3.68. The third kappa shape index (κ3) is 1.85. The van der Waals surface area contributed by atoms with Crippen molar-refractivity contribution in [3.63, 3.8) is 0 Å². The van der Waals surface area contributed by atoms with Crippen LogP contribution in [0.5, 0.6) is 0 Å². The maximum Gasteiger partial charge on any atom is 0.115 e. The Hall–Kier alpha value is -1.26. The summed E-state index contributed by atoms with van der Waals surface area (Å²) >= 11 is 3.57. The first-order valence-electron chi connectivity index (χ1n) is 5.57. The molecular weight excluding hydrogens is 260 g/mol. The van der Waals surface area contributed by atoms with Gasteiger partial charge in [-0.3, -0.25) is 0 Å². The molecule has 1 aromatic heterocycles. The van der Waals surface area contributed by atoms with E-state index in [2.05, 4.69) is 40.7 Å². The predicted molar refractivity (Wildman–Crippen MR) is 80.2 cm³/mol. The second kappa shape index (κ2) is 4.78. The minimum Gasteiger partial charge on any atom is -0.244 e. The first-order chi connectivity index (χ1) is 8.83. The SMILES string of the molecule is CSC1=CC2=C(c3cncnc3)C=C(SC)C2=C1. The number of nitrogens with zero attached hydrogens (tertiary/aromatic N) is 2. The number of aromatic nitrogens is 2. The van der Waals surface area contributed by atoms with Crippen LogP contribution in [-0.4, -0.2) is 22.5 Å². The lowest BCUT2D eigenvalue weighted by Gasteiger charge is -2.01. The van der Waals surface area contributed by atoms with Crippen molar-refractivity contribution in [1.29, 1.82) is 0 Å². The normalized spacial score (nSPS) is 17.6. The number of fused-ring (bicyclic) bond motifs is 1. The molecule has 90 valence electrons. The average Bonchev–Trinajstić information content (AvgIpc) is 2.97. The van der Waals surface area contributed by atoms with E-state index in [4.69, 9.17) is 0 Å². The van der Waals surface area contributed by atoms with Crippen molar-refractivity contribution >= 4 is 29.1 Å². The van der Waals surface area contributed by atoms with Gasteiger partial charge in [0.1, 0.15) is 6.33 Å². The van der Waals surface area contributed by atoms with E-state index in [9.17, 15) is 0 Å². The minimum absolute atomic E-state index is 1.08. The molecule has 18 heavy (non-hydrogen) atoms. The zero-order chi connectivity index (χ0) is 12.5.